The van der Waals surface area contributed by atoms with Gasteiger partial charge in [-0.25, -0.2) is 9.97 Å². The van der Waals surface area contributed by atoms with Crippen molar-refractivity contribution < 1.29 is 14.0 Å². The molecule has 2 atom stereocenters. The van der Waals surface area contributed by atoms with E-state index in [0.717, 1.165) is 48.0 Å². The quantitative estimate of drug-likeness (QED) is 0.245. The van der Waals surface area contributed by atoms with Gasteiger partial charge in [0, 0.05) is 42.8 Å². The van der Waals surface area contributed by atoms with Crippen molar-refractivity contribution in [2.75, 3.05) is 18.4 Å². The maximum absolute atomic E-state index is 13.4. The standard InChI is InChI=1S/C33H40N6O3/c1-6-30(40)38-16-7-8-26(15-17-38)39-28-14-9-23(19-35-22(2)33(3,4)5)18-27(28)36-32(39)37-31(41)25-12-10-24(11-13-25)29-20-34-21-42-29/h6,9-14,18,20-22,26,35H,1,7-8,15-17,19H2,2-5H3,(H,36,37,41)/t22-,26+/m0/s1. The maximum atomic E-state index is 13.4. The minimum absolute atomic E-state index is 0.0462. The molecule has 2 aromatic carbocycles. The fourth-order valence-corrected chi connectivity index (χ4v) is 5.29. The second-order valence-electron chi connectivity index (χ2n) is 12.1. The Labute approximate surface area is 247 Å². The van der Waals surface area contributed by atoms with Gasteiger partial charge in [0.15, 0.2) is 12.2 Å². The molecule has 0 bridgehead atoms. The van der Waals surface area contributed by atoms with Gasteiger partial charge in [0.1, 0.15) is 0 Å². The summed E-state index contributed by atoms with van der Waals surface area (Å²) in [6.45, 7) is 14.6. The lowest BCUT2D eigenvalue weighted by Gasteiger charge is -2.28. The van der Waals surface area contributed by atoms with Crippen molar-refractivity contribution in [1.29, 1.82) is 0 Å². The van der Waals surface area contributed by atoms with Crippen LogP contribution < -0.4 is 10.6 Å². The molecule has 0 aliphatic carbocycles. The highest BCUT2D eigenvalue weighted by Gasteiger charge is 2.26. The smallest absolute Gasteiger partial charge is 0.257 e. The van der Waals surface area contributed by atoms with E-state index < -0.39 is 0 Å². The molecule has 0 saturated carbocycles. The molecular weight excluding hydrogens is 528 g/mol. The van der Waals surface area contributed by atoms with Gasteiger partial charge < -0.3 is 19.2 Å². The number of likely N-dealkylation sites (tertiary alicyclic amines) is 1. The van der Waals surface area contributed by atoms with E-state index in [1.165, 1.54) is 12.5 Å². The van der Waals surface area contributed by atoms with Crippen molar-refractivity contribution >= 4 is 28.8 Å². The number of nitrogens with one attached hydrogen (secondary N) is 2. The van der Waals surface area contributed by atoms with E-state index in [1.54, 1.807) is 18.3 Å². The van der Waals surface area contributed by atoms with Crippen molar-refractivity contribution in [2.45, 2.75) is 65.6 Å². The van der Waals surface area contributed by atoms with Crippen molar-refractivity contribution in [1.82, 2.24) is 24.8 Å². The summed E-state index contributed by atoms with van der Waals surface area (Å²) >= 11 is 0. The number of carbonyl (C=O) groups is 2. The molecule has 1 aliphatic rings. The van der Waals surface area contributed by atoms with Gasteiger partial charge in [-0.2, -0.15) is 0 Å². The summed E-state index contributed by atoms with van der Waals surface area (Å²) in [7, 11) is 0. The van der Waals surface area contributed by atoms with Crippen molar-refractivity contribution in [2.24, 2.45) is 5.41 Å². The molecule has 0 spiro atoms. The zero-order chi connectivity index (χ0) is 29.9. The number of imidazole rings is 1. The largest absolute Gasteiger partial charge is 0.444 e. The van der Waals surface area contributed by atoms with Gasteiger partial charge in [0.25, 0.3) is 5.91 Å². The Balaban J connectivity index is 1.43. The van der Waals surface area contributed by atoms with Crippen LogP contribution in [-0.4, -0.2) is 50.4 Å². The number of amides is 2. The lowest BCUT2D eigenvalue weighted by molar-refractivity contribution is -0.125. The lowest BCUT2D eigenvalue weighted by atomic mass is 9.88. The summed E-state index contributed by atoms with van der Waals surface area (Å²) in [6, 6.07) is 14.0. The van der Waals surface area contributed by atoms with Gasteiger partial charge >= 0.3 is 0 Å². The van der Waals surface area contributed by atoms with Crippen LogP contribution in [0.4, 0.5) is 5.95 Å². The van der Waals surface area contributed by atoms with E-state index in [1.807, 2.05) is 17.0 Å². The Hall–Kier alpha value is -4.24. The monoisotopic (exact) mass is 568 g/mol. The van der Waals surface area contributed by atoms with Crippen LogP contribution >= 0.6 is 0 Å². The molecule has 2 amide bonds. The van der Waals surface area contributed by atoms with Crippen molar-refractivity contribution in [3.63, 3.8) is 0 Å². The number of fused-ring (bicyclic) bond motifs is 1. The molecule has 5 rings (SSSR count). The first-order valence-electron chi connectivity index (χ1n) is 14.6. The van der Waals surface area contributed by atoms with E-state index in [9.17, 15) is 9.59 Å². The summed E-state index contributed by atoms with van der Waals surface area (Å²) in [5, 5.41) is 6.71. The fourth-order valence-electron chi connectivity index (χ4n) is 5.29. The number of nitrogens with zero attached hydrogens (tertiary/aromatic N) is 4. The predicted octanol–water partition coefficient (Wildman–Crippen LogP) is 6.21. The highest BCUT2D eigenvalue weighted by Crippen LogP contribution is 2.32. The van der Waals surface area contributed by atoms with Gasteiger partial charge in [0.2, 0.25) is 11.9 Å². The molecule has 2 aromatic heterocycles. The number of oxazole rings is 1. The summed E-state index contributed by atoms with van der Waals surface area (Å²) in [4.78, 5) is 36.5. The van der Waals surface area contributed by atoms with Gasteiger partial charge in [-0.15, -0.1) is 0 Å². The molecule has 4 aromatic rings. The number of anilines is 1. The third kappa shape index (κ3) is 6.46. The first-order valence-corrected chi connectivity index (χ1v) is 14.6. The van der Waals surface area contributed by atoms with E-state index in [-0.39, 0.29) is 23.3 Å². The van der Waals surface area contributed by atoms with Gasteiger partial charge in [0.05, 0.1) is 17.2 Å². The fraction of sp³-hybridized carbons (Fsp3) is 0.394. The van der Waals surface area contributed by atoms with Crippen molar-refractivity contribution in [3.05, 3.63) is 78.8 Å². The zero-order valence-corrected chi connectivity index (χ0v) is 24.9. The molecule has 1 fully saturated rings. The second-order valence-corrected chi connectivity index (χ2v) is 12.1. The Bertz CT molecular complexity index is 1550. The van der Waals surface area contributed by atoms with Crippen LogP contribution in [0.1, 0.15) is 68.9 Å². The number of benzene rings is 2. The topological polar surface area (TPSA) is 105 Å². The van der Waals surface area contributed by atoms with Crippen LogP contribution in [0.2, 0.25) is 0 Å². The summed E-state index contributed by atoms with van der Waals surface area (Å²) in [5.41, 5.74) is 4.44. The highest BCUT2D eigenvalue weighted by atomic mass is 16.3. The molecule has 1 saturated heterocycles. The Kier molecular flexibility index (Phi) is 8.59. The maximum Gasteiger partial charge on any atom is 0.257 e. The molecule has 42 heavy (non-hydrogen) atoms. The molecule has 9 nitrogen and oxygen atoms in total. The van der Waals surface area contributed by atoms with Crippen LogP contribution in [0, 0.1) is 5.41 Å². The number of rotatable bonds is 8. The van der Waals surface area contributed by atoms with E-state index in [4.69, 9.17) is 9.40 Å². The van der Waals surface area contributed by atoms with Gasteiger partial charge in [-0.05, 0) is 67.5 Å². The van der Waals surface area contributed by atoms with Crippen LogP contribution in [0.3, 0.4) is 0 Å². The molecular formula is C33H40N6O3. The third-order valence-corrected chi connectivity index (χ3v) is 8.30. The second kappa shape index (κ2) is 12.3. The Morgan fingerprint density at radius 1 is 1.14 bits per heavy atom. The average Bonchev–Trinajstić information content (AvgIpc) is 3.57. The zero-order valence-electron chi connectivity index (χ0n) is 24.9. The van der Waals surface area contributed by atoms with Crippen LogP contribution in [0.5, 0.6) is 0 Å². The molecule has 3 heterocycles. The van der Waals surface area contributed by atoms with Crippen LogP contribution in [-0.2, 0) is 11.3 Å². The minimum atomic E-state index is -0.242. The SMILES string of the molecule is C=CC(=O)N1CCC[C@@H](n2c(NC(=O)c3ccc(-c4cnco4)cc3)nc3cc(CN[C@@H](C)C(C)(C)C)ccc32)CC1. The summed E-state index contributed by atoms with van der Waals surface area (Å²) in [6.07, 6.45) is 6.88. The number of hydrogen-bond acceptors (Lipinski definition) is 6. The number of aromatic nitrogens is 3. The number of hydrogen-bond donors (Lipinski definition) is 2. The highest BCUT2D eigenvalue weighted by molar-refractivity contribution is 6.04. The molecule has 220 valence electrons. The summed E-state index contributed by atoms with van der Waals surface area (Å²) < 4.78 is 7.51. The third-order valence-electron chi connectivity index (χ3n) is 8.30. The van der Waals surface area contributed by atoms with Crippen LogP contribution in [0.25, 0.3) is 22.4 Å². The normalized spacial score (nSPS) is 16.7. The van der Waals surface area contributed by atoms with Crippen molar-refractivity contribution in [3.8, 4) is 11.3 Å². The summed E-state index contributed by atoms with van der Waals surface area (Å²) in [5.74, 6) is 0.864. The number of carbonyl (C=O) groups excluding carboxylic acids is 2. The molecule has 2 N–H and O–H groups in total. The van der Waals surface area contributed by atoms with E-state index >= 15 is 0 Å². The van der Waals surface area contributed by atoms with Crippen LogP contribution in [0.15, 0.2) is 72.1 Å². The van der Waals surface area contributed by atoms with E-state index in [0.29, 0.717) is 36.4 Å². The minimum Gasteiger partial charge on any atom is -0.444 e. The molecule has 1 aliphatic heterocycles. The van der Waals surface area contributed by atoms with E-state index in [2.05, 4.69) is 72.7 Å². The molecule has 0 radical (unpaired) electrons. The average molecular weight is 569 g/mol. The van der Waals surface area contributed by atoms with Gasteiger partial charge in [-0.1, -0.05) is 45.5 Å². The molecule has 9 heteroatoms. The molecule has 0 unspecified atom stereocenters. The van der Waals surface area contributed by atoms with Gasteiger partial charge in [-0.3, -0.25) is 14.9 Å². The lowest BCUT2D eigenvalue weighted by Crippen LogP contribution is -2.37. The first kappa shape index (κ1) is 29.3. The first-order chi connectivity index (χ1) is 20.1. The predicted molar refractivity (Wildman–Crippen MR) is 165 cm³/mol. The Morgan fingerprint density at radius 3 is 2.62 bits per heavy atom. The Morgan fingerprint density at radius 2 is 1.93 bits per heavy atom.